The van der Waals surface area contributed by atoms with Gasteiger partial charge in [-0.05, 0) is 64.8 Å². The molecule has 2 atom stereocenters. The van der Waals surface area contributed by atoms with E-state index in [1.54, 1.807) is 5.69 Å². The van der Waals surface area contributed by atoms with Crippen LogP contribution in [0.25, 0.3) is 0 Å². The van der Waals surface area contributed by atoms with Crippen molar-refractivity contribution < 1.29 is 0 Å². The summed E-state index contributed by atoms with van der Waals surface area (Å²) in [6.45, 7) is 3.36. The van der Waals surface area contributed by atoms with Crippen molar-refractivity contribution in [2.75, 3.05) is 7.05 Å². The number of aromatic nitrogens is 2. The Morgan fingerprint density at radius 3 is 2.89 bits per heavy atom. The summed E-state index contributed by atoms with van der Waals surface area (Å²) in [6.07, 6.45) is 10.6. The topological polar surface area (TPSA) is 29.9 Å². The molecule has 2 aliphatic carbocycles. The molecule has 0 aromatic carbocycles. The first kappa shape index (κ1) is 13.2. The normalized spacial score (nSPS) is 26.6. The van der Waals surface area contributed by atoms with Crippen LogP contribution in [-0.4, -0.2) is 22.6 Å². The number of nitrogens with one attached hydrogen (secondary N) is 1. The quantitative estimate of drug-likeness (QED) is 0.903. The lowest BCUT2D eigenvalue weighted by Gasteiger charge is -2.21. The number of nitrogens with zero attached hydrogens (tertiary/aromatic N) is 2. The minimum absolute atomic E-state index is 0.750. The lowest BCUT2D eigenvalue weighted by atomic mass is 9.98. The summed E-state index contributed by atoms with van der Waals surface area (Å²) in [7, 11) is 2.12. The van der Waals surface area contributed by atoms with Gasteiger partial charge in [-0.2, -0.15) is 0 Å². The van der Waals surface area contributed by atoms with Gasteiger partial charge in [-0.3, -0.25) is 0 Å². The molecule has 3 heteroatoms. The van der Waals surface area contributed by atoms with Gasteiger partial charge in [0.1, 0.15) is 5.82 Å². The van der Waals surface area contributed by atoms with Gasteiger partial charge in [-0.25, -0.2) is 4.98 Å². The van der Waals surface area contributed by atoms with Crippen LogP contribution < -0.4 is 5.32 Å². The van der Waals surface area contributed by atoms with E-state index in [2.05, 4.69) is 23.9 Å². The Kier molecular flexibility index (Phi) is 3.92. The molecule has 19 heavy (non-hydrogen) atoms. The summed E-state index contributed by atoms with van der Waals surface area (Å²) < 4.78 is 2.51. The van der Waals surface area contributed by atoms with Crippen LogP contribution in [0.3, 0.4) is 0 Å². The molecule has 1 fully saturated rings. The van der Waals surface area contributed by atoms with Crippen LogP contribution in [0.4, 0.5) is 0 Å². The van der Waals surface area contributed by atoms with Gasteiger partial charge in [0.2, 0.25) is 0 Å². The third kappa shape index (κ3) is 2.58. The highest BCUT2D eigenvalue weighted by Gasteiger charge is 2.26. The number of hydrogen-bond acceptors (Lipinski definition) is 2. The molecule has 0 amide bonds. The summed E-state index contributed by atoms with van der Waals surface area (Å²) in [5, 5.41) is 3.50. The van der Waals surface area contributed by atoms with Gasteiger partial charge >= 0.3 is 0 Å². The van der Waals surface area contributed by atoms with Gasteiger partial charge in [0.25, 0.3) is 0 Å². The molecule has 0 bridgehead atoms. The molecule has 3 rings (SSSR count). The van der Waals surface area contributed by atoms with Crippen LogP contribution in [0.15, 0.2) is 0 Å². The molecule has 0 spiro atoms. The van der Waals surface area contributed by atoms with Crippen LogP contribution >= 0.6 is 0 Å². The summed E-state index contributed by atoms with van der Waals surface area (Å²) in [5.74, 6) is 2.11. The number of imidazole rings is 1. The van der Waals surface area contributed by atoms with Crippen molar-refractivity contribution in [1.82, 2.24) is 14.9 Å². The highest BCUT2D eigenvalue weighted by molar-refractivity contribution is 5.19. The Hall–Kier alpha value is -0.830. The van der Waals surface area contributed by atoms with E-state index in [9.17, 15) is 0 Å². The van der Waals surface area contributed by atoms with Crippen molar-refractivity contribution >= 4 is 0 Å². The molecule has 1 N–H and O–H groups in total. The average Bonchev–Trinajstić information content (AvgIpc) is 2.99. The van der Waals surface area contributed by atoms with Gasteiger partial charge in [0, 0.05) is 18.3 Å². The fraction of sp³-hybridized carbons (Fsp3) is 0.812. The van der Waals surface area contributed by atoms with Gasteiger partial charge in [-0.15, -0.1) is 0 Å². The number of hydrogen-bond donors (Lipinski definition) is 1. The van der Waals surface area contributed by atoms with Crippen LogP contribution in [0.2, 0.25) is 0 Å². The zero-order valence-corrected chi connectivity index (χ0v) is 12.4. The first-order valence-corrected chi connectivity index (χ1v) is 8.01. The van der Waals surface area contributed by atoms with Crippen molar-refractivity contribution in [2.45, 2.75) is 70.9 Å². The van der Waals surface area contributed by atoms with E-state index < -0.39 is 0 Å². The van der Waals surface area contributed by atoms with Crippen LogP contribution in [0.1, 0.15) is 55.7 Å². The monoisotopic (exact) mass is 261 g/mol. The lowest BCUT2D eigenvalue weighted by Crippen LogP contribution is -2.29. The number of fused-ring (bicyclic) bond motifs is 1. The molecular formula is C16H27N3. The average molecular weight is 261 g/mol. The smallest absolute Gasteiger partial charge is 0.106 e. The van der Waals surface area contributed by atoms with E-state index in [4.69, 9.17) is 4.98 Å². The number of rotatable bonds is 4. The second kappa shape index (κ2) is 5.66. The molecular weight excluding hydrogens is 234 g/mol. The van der Waals surface area contributed by atoms with E-state index in [0.29, 0.717) is 0 Å². The zero-order valence-electron chi connectivity index (χ0n) is 12.4. The first-order chi connectivity index (χ1) is 9.29. The third-order valence-corrected chi connectivity index (χ3v) is 5.18. The summed E-state index contributed by atoms with van der Waals surface area (Å²) in [4.78, 5) is 4.78. The highest BCUT2D eigenvalue weighted by Crippen LogP contribution is 2.30. The lowest BCUT2D eigenvalue weighted by molar-refractivity contribution is 0.373. The zero-order chi connectivity index (χ0) is 13.2. The Morgan fingerprint density at radius 1 is 1.21 bits per heavy atom. The largest absolute Gasteiger partial charge is 0.332 e. The van der Waals surface area contributed by atoms with E-state index in [1.165, 1.54) is 69.4 Å². The molecule has 0 saturated heterocycles. The van der Waals surface area contributed by atoms with E-state index in [1.807, 2.05) is 0 Å². The number of aryl methyl sites for hydroxylation is 2. The second-order valence-electron chi connectivity index (χ2n) is 6.29. The molecule has 3 nitrogen and oxygen atoms in total. The molecule has 2 aliphatic rings. The van der Waals surface area contributed by atoms with Crippen molar-refractivity contribution in [3.05, 3.63) is 17.2 Å². The third-order valence-electron chi connectivity index (χ3n) is 5.18. The molecule has 1 heterocycles. The minimum Gasteiger partial charge on any atom is -0.332 e. The Balaban J connectivity index is 1.68. The van der Waals surface area contributed by atoms with Crippen molar-refractivity contribution in [3.63, 3.8) is 0 Å². The molecule has 0 aliphatic heterocycles. The molecule has 2 unspecified atom stereocenters. The predicted molar refractivity (Wildman–Crippen MR) is 78.4 cm³/mol. The Morgan fingerprint density at radius 2 is 2.05 bits per heavy atom. The van der Waals surface area contributed by atoms with E-state index >= 15 is 0 Å². The van der Waals surface area contributed by atoms with Gasteiger partial charge in [0.05, 0.1) is 5.69 Å². The Bertz CT molecular complexity index is 435. The predicted octanol–water partition coefficient (Wildman–Crippen LogP) is 2.85. The SMILES string of the molecule is CNC1CCCC1CCn1c(C)nc2c1CCCC2. The summed E-state index contributed by atoms with van der Waals surface area (Å²) in [5.41, 5.74) is 2.93. The maximum atomic E-state index is 4.78. The summed E-state index contributed by atoms with van der Waals surface area (Å²) in [6, 6.07) is 0.750. The fourth-order valence-corrected chi connectivity index (χ4v) is 4.09. The van der Waals surface area contributed by atoms with Crippen molar-refractivity contribution in [2.24, 2.45) is 5.92 Å². The van der Waals surface area contributed by atoms with Gasteiger partial charge in [-0.1, -0.05) is 6.42 Å². The second-order valence-corrected chi connectivity index (χ2v) is 6.29. The maximum Gasteiger partial charge on any atom is 0.106 e. The van der Waals surface area contributed by atoms with Crippen LogP contribution in [0, 0.1) is 12.8 Å². The maximum absolute atomic E-state index is 4.78. The molecule has 1 aromatic rings. The Labute approximate surface area is 116 Å². The molecule has 0 radical (unpaired) electrons. The highest BCUT2D eigenvalue weighted by atomic mass is 15.1. The fourth-order valence-electron chi connectivity index (χ4n) is 4.09. The minimum atomic E-state index is 0.750. The van der Waals surface area contributed by atoms with Crippen molar-refractivity contribution in [1.29, 1.82) is 0 Å². The van der Waals surface area contributed by atoms with Gasteiger partial charge in [0.15, 0.2) is 0 Å². The standard InChI is InChI=1S/C16H27N3/c1-12-18-15-7-3-4-9-16(15)19(12)11-10-13-6-5-8-14(13)17-2/h13-14,17H,3-11H2,1-2H3. The first-order valence-electron chi connectivity index (χ1n) is 8.01. The molecule has 1 aromatic heterocycles. The molecule has 1 saturated carbocycles. The van der Waals surface area contributed by atoms with Gasteiger partial charge < -0.3 is 9.88 Å². The van der Waals surface area contributed by atoms with Crippen LogP contribution in [0.5, 0.6) is 0 Å². The summed E-state index contributed by atoms with van der Waals surface area (Å²) >= 11 is 0. The van der Waals surface area contributed by atoms with Crippen LogP contribution in [-0.2, 0) is 19.4 Å². The van der Waals surface area contributed by atoms with E-state index in [-0.39, 0.29) is 0 Å². The van der Waals surface area contributed by atoms with E-state index in [0.717, 1.165) is 12.0 Å². The van der Waals surface area contributed by atoms with Crippen molar-refractivity contribution in [3.8, 4) is 0 Å². The molecule has 106 valence electrons.